The molecule has 1 aliphatic rings. The van der Waals surface area contributed by atoms with Gasteiger partial charge in [-0.1, -0.05) is 0 Å². The smallest absolute Gasteiger partial charge is 0.359 e. The molecule has 0 unspecified atom stereocenters. The zero-order valence-corrected chi connectivity index (χ0v) is 11.6. The molecular weight excluding hydrogens is 289 g/mol. The molecule has 8 heteroatoms. The molecule has 0 saturated heterocycles. The molecule has 2 rings (SSSR count). The van der Waals surface area contributed by atoms with Gasteiger partial charge in [-0.05, 0) is 25.1 Å². The number of aliphatic hydroxyl groups excluding tert-OH is 1. The van der Waals surface area contributed by atoms with Crippen molar-refractivity contribution in [1.82, 2.24) is 4.31 Å². The fourth-order valence-corrected chi connectivity index (χ4v) is 3.25. The van der Waals surface area contributed by atoms with Crippen LogP contribution in [0.25, 0.3) is 5.76 Å². The molecule has 0 aromatic heterocycles. The second-order valence-corrected chi connectivity index (χ2v) is 5.97. The van der Waals surface area contributed by atoms with E-state index in [2.05, 4.69) is 0 Å². The van der Waals surface area contributed by atoms with Crippen LogP contribution in [0.2, 0.25) is 0 Å². The molecule has 108 valence electrons. The van der Waals surface area contributed by atoms with Gasteiger partial charge in [-0.25, -0.2) is 17.6 Å². The molecule has 0 saturated carbocycles. The van der Waals surface area contributed by atoms with Crippen LogP contribution in [0.5, 0.6) is 0 Å². The lowest BCUT2D eigenvalue weighted by Crippen LogP contribution is -2.35. The Bertz CT molecular complexity index is 711. The molecule has 0 amide bonds. The van der Waals surface area contributed by atoms with E-state index in [-0.39, 0.29) is 17.1 Å². The predicted octanol–water partition coefficient (Wildman–Crippen LogP) is 1.25. The molecule has 6 nitrogen and oxygen atoms in total. The fraction of sp³-hybridized carbons (Fsp3) is 0.250. The van der Waals surface area contributed by atoms with E-state index in [9.17, 15) is 22.7 Å². The van der Waals surface area contributed by atoms with Gasteiger partial charge in [0.25, 0.3) is 10.0 Å². The van der Waals surface area contributed by atoms with E-state index in [1.54, 1.807) is 6.92 Å². The lowest BCUT2D eigenvalue weighted by atomic mass is 10.1. The van der Waals surface area contributed by atoms with Crippen molar-refractivity contribution >= 4 is 21.8 Å². The molecule has 0 radical (unpaired) electrons. The maximum Gasteiger partial charge on any atom is 0.359 e. The summed E-state index contributed by atoms with van der Waals surface area (Å²) < 4.78 is 43.0. The number of likely N-dealkylation sites (N-methyl/N-ethyl adjacent to an activating group) is 1. The van der Waals surface area contributed by atoms with Gasteiger partial charge in [-0.3, -0.25) is 4.31 Å². The minimum atomic E-state index is -4.03. The van der Waals surface area contributed by atoms with E-state index in [0.717, 1.165) is 25.2 Å². The first-order valence-electron chi connectivity index (χ1n) is 5.70. The largest absolute Gasteiger partial charge is 0.505 e. The van der Waals surface area contributed by atoms with Crippen LogP contribution in [0.4, 0.5) is 4.39 Å². The number of aliphatic hydroxyl groups is 1. The monoisotopic (exact) mass is 301 g/mol. The third-order valence-corrected chi connectivity index (χ3v) is 4.66. The van der Waals surface area contributed by atoms with Gasteiger partial charge in [0, 0.05) is 12.6 Å². The number of nitrogens with zero attached hydrogens (tertiary/aromatic N) is 1. The van der Waals surface area contributed by atoms with Gasteiger partial charge in [-0.15, -0.1) is 0 Å². The maximum absolute atomic E-state index is 13.2. The number of hydrogen-bond acceptors (Lipinski definition) is 5. The highest BCUT2D eigenvalue weighted by Crippen LogP contribution is 2.35. The lowest BCUT2D eigenvalue weighted by molar-refractivity contribution is -0.139. The topological polar surface area (TPSA) is 83.9 Å². The van der Waals surface area contributed by atoms with Gasteiger partial charge < -0.3 is 9.84 Å². The van der Waals surface area contributed by atoms with Gasteiger partial charge in [-0.2, -0.15) is 0 Å². The zero-order chi connectivity index (χ0) is 15.1. The second kappa shape index (κ2) is 4.78. The standard InChI is InChI=1S/C12H12FNO5S/c1-3-19-12(16)10-11(15)8-6-7(13)4-5-9(8)20(17,18)14(10)2/h4-6,15H,3H2,1-2H3. The summed E-state index contributed by atoms with van der Waals surface area (Å²) in [4.78, 5) is 11.5. The Labute approximate surface area is 115 Å². The quantitative estimate of drug-likeness (QED) is 0.831. The average Bonchev–Trinajstić information content (AvgIpc) is 2.37. The van der Waals surface area contributed by atoms with Crippen molar-refractivity contribution < 1.29 is 27.4 Å². The Morgan fingerprint density at radius 1 is 1.45 bits per heavy atom. The summed E-state index contributed by atoms with van der Waals surface area (Å²) in [6.45, 7) is 1.56. The second-order valence-electron chi connectivity index (χ2n) is 4.03. The predicted molar refractivity (Wildman–Crippen MR) is 67.5 cm³/mol. The molecule has 0 fully saturated rings. The Hall–Kier alpha value is -2.09. The Morgan fingerprint density at radius 2 is 2.10 bits per heavy atom. The van der Waals surface area contributed by atoms with Crippen LogP contribution >= 0.6 is 0 Å². The third kappa shape index (κ3) is 2.01. The average molecular weight is 301 g/mol. The summed E-state index contributed by atoms with van der Waals surface area (Å²) in [6.07, 6.45) is 0. The Kier molecular flexibility index (Phi) is 3.43. The molecule has 1 aliphatic heterocycles. The van der Waals surface area contributed by atoms with E-state index in [1.807, 2.05) is 0 Å². The zero-order valence-electron chi connectivity index (χ0n) is 10.8. The van der Waals surface area contributed by atoms with Gasteiger partial charge in [0.1, 0.15) is 5.82 Å². The Balaban J connectivity index is 2.75. The van der Waals surface area contributed by atoms with Crippen molar-refractivity contribution in [3.05, 3.63) is 35.3 Å². The molecule has 1 heterocycles. The molecule has 0 bridgehead atoms. The molecule has 0 spiro atoms. The van der Waals surface area contributed by atoms with Crippen LogP contribution in [-0.4, -0.2) is 37.5 Å². The van der Waals surface area contributed by atoms with Crippen molar-refractivity contribution in [1.29, 1.82) is 0 Å². The summed E-state index contributed by atoms with van der Waals surface area (Å²) in [5, 5.41) is 10.1. The van der Waals surface area contributed by atoms with Crippen LogP contribution in [-0.2, 0) is 19.6 Å². The van der Waals surface area contributed by atoms with E-state index in [4.69, 9.17) is 4.74 Å². The number of rotatable bonds is 2. The van der Waals surface area contributed by atoms with Crippen LogP contribution < -0.4 is 0 Å². The molecule has 0 aliphatic carbocycles. The van der Waals surface area contributed by atoms with E-state index in [0.29, 0.717) is 4.31 Å². The number of esters is 1. The molecule has 1 aromatic rings. The van der Waals surface area contributed by atoms with E-state index < -0.39 is 33.3 Å². The summed E-state index contributed by atoms with van der Waals surface area (Å²) in [7, 11) is -2.92. The van der Waals surface area contributed by atoms with E-state index in [1.165, 1.54) is 0 Å². The van der Waals surface area contributed by atoms with Gasteiger partial charge in [0.2, 0.25) is 0 Å². The number of carbonyl (C=O) groups excluding carboxylic acids is 1. The first-order valence-corrected chi connectivity index (χ1v) is 7.14. The highest BCUT2D eigenvalue weighted by Gasteiger charge is 2.38. The minimum absolute atomic E-state index is 0.0134. The normalized spacial score (nSPS) is 16.9. The number of ether oxygens (including phenoxy) is 1. The molecule has 1 aromatic carbocycles. The SMILES string of the molecule is CCOC(=O)C1=C(O)c2cc(F)ccc2S(=O)(=O)N1C. The van der Waals surface area contributed by atoms with Crippen molar-refractivity contribution in [2.75, 3.05) is 13.7 Å². The molecule has 1 N–H and O–H groups in total. The first-order chi connectivity index (χ1) is 9.30. The maximum atomic E-state index is 13.2. The highest BCUT2D eigenvalue weighted by molar-refractivity contribution is 7.89. The Morgan fingerprint density at radius 3 is 2.70 bits per heavy atom. The van der Waals surface area contributed by atoms with Crippen molar-refractivity contribution in [2.24, 2.45) is 0 Å². The van der Waals surface area contributed by atoms with Crippen LogP contribution in [0.1, 0.15) is 12.5 Å². The summed E-state index contributed by atoms with van der Waals surface area (Å²) >= 11 is 0. The van der Waals surface area contributed by atoms with Gasteiger partial charge >= 0.3 is 5.97 Å². The van der Waals surface area contributed by atoms with Crippen molar-refractivity contribution in [3.8, 4) is 0 Å². The summed E-state index contributed by atoms with van der Waals surface area (Å²) in [5.41, 5.74) is -0.795. The number of hydrogen-bond donors (Lipinski definition) is 1. The number of halogens is 1. The third-order valence-electron chi connectivity index (χ3n) is 2.84. The fourth-order valence-electron chi connectivity index (χ4n) is 1.88. The number of fused-ring (bicyclic) bond motifs is 1. The summed E-state index contributed by atoms with van der Waals surface area (Å²) in [6, 6.07) is 2.86. The van der Waals surface area contributed by atoms with Crippen LogP contribution in [0, 0.1) is 5.82 Å². The summed E-state index contributed by atoms with van der Waals surface area (Å²) in [5.74, 6) is -2.35. The first kappa shape index (κ1) is 14.3. The molecule has 0 atom stereocenters. The van der Waals surface area contributed by atoms with Gasteiger partial charge in [0.05, 0.1) is 11.5 Å². The molecule has 20 heavy (non-hydrogen) atoms. The van der Waals surface area contributed by atoms with Gasteiger partial charge in [0.15, 0.2) is 11.5 Å². The van der Waals surface area contributed by atoms with Crippen LogP contribution in [0.15, 0.2) is 28.8 Å². The highest BCUT2D eigenvalue weighted by atomic mass is 32.2. The van der Waals surface area contributed by atoms with E-state index >= 15 is 0 Å². The number of benzene rings is 1. The lowest BCUT2D eigenvalue weighted by Gasteiger charge is -2.27. The van der Waals surface area contributed by atoms with Crippen molar-refractivity contribution in [3.63, 3.8) is 0 Å². The van der Waals surface area contributed by atoms with Crippen LogP contribution in [0.3, 0.4) is 0 Å². The number of carbonyl (C=O) groups is 1. The molecular formula is C12H12FNO5S. The van der Waals surface area contributed by atoms with Crippen molar-refractivity contribution in [2.45, 2.75) is 11.8 Å². The number of sulfonamides is 1. The minimum Gasteiger partial charge on any atom is -0.505 e.